The van der Waals surface area contributed by atoms with E-state index in [1.54, 1.807) is 0 Å². The summed E-state index contributed by atoms with van der Waals surface area (Å²) in [4.78, 5) is 0. The van der Waals surface area contributed by atoms with Gasteiger partial charge in [-0.2, -0.15) is 0 Å². The van der Waals surface area contributed by atoms with Crippen LogP contribution in [0.4, 0.5) is 0 Å². The van der Waals surface area contributed by atoms with Crippen molar-refractivity contribution in [2.75, 3.05) is 0 Å². The van der Waals surface area contributed by atoms with E-state index >= 15 is 4.21 Å². The van der Waals surface area contributed by atoms with Crippen LogP contribution in [-0.2, 0) is 32.5 Å². The van der Waals surface area contributed by atoms with Crippen LogP contribution in [0.15, 0.2) is 97.1 Å². The maximum Gasteiger partial charge on any atom is 0.0546 e. The molecule has 4 aromatic rings. The molecule has 202 valence electrons. The fourth-order valence-corrected chi connectivity index (χ4v) is 12.8. The lowest BCUT2D eigenvalue weighted by atomic mass is 9.31. The standard InChI is InChI=1S/C34H26Cl4OS/c35-25-9-1-21(2-10-25)31-17-32(18-31,22-3-11-26(36)12-4-22)29(31)40(39)30-33(23-5-13-27(37)14-6-23)19-34(30,20-33)24-7-15-28(38)16-8-24/h1-16,29-30H,17-20H2. The normalized spacial score (nSPS) is 35.5. The van der Waals surface area contributed by atoms with Crippen molar-refractivity contribution in [1.29, 1.82) is 0 Å². The van der Waals surface area contributed by atoms with Crippen LogP contribution in [0.2, 0.25) is 20.1 Å². The lowest BCUT2D eigenvalue weighted by Crippen LogP contribution is -2.87. The summed E-state index contributed by atoms with van der Waals surface area (Å²) < 4.78 is 15.3. The van der Waals surface area contributed by atoms with Gasteiger partial charge in [0.15, 0.2) is 0 Å². The molecule has 4 aromatic carbocycles. The van der Waals surface area contributed by atoms with Crippen molar-refractivity contribution in [3.8, 4) is 0 Å². The minimum Gasteiger partial charge on any atom is -0.259 e. The highest BCUT2D eigenvalue weighted by Crippen LogP contribution is 2.81. The van der Waals surface area contributed by atoms with Crippen molar-refractivity contribution in [3.05, 3.63) is 139 Å². The third-order valence-electron chi connectivity index (χ3n) is 10.7. The van der Waals surface area contributed by atoms with Crippen LogP contribution in [0, 0.1) is 0 Å². The van der Waals surface area contributed by atoms with Crippen molar-refractivity contribution in [2.24, 2.45) is 0 Å². The van der Waals surface area contributed by atoms with Gasteiger partial charge in [0.05, 0.1) is 10.5 Å². The van der Waals surface area contributed by atoms with Gasteiger partial charge in [0.25, 0.3) is 0 Å². The minimum atomic E-state index is -1.11. The second-order valence-corrected chi connectivity index (χ2v) is 15.8. The number of benzene rings is 4. The molecule has 10 rings (SSSR count). The zero-order valence-corrected chi connectivity index (χ0v) is 25.4. The number of rotatable bonds is 6. The van der Waals surface area contributed by atoms with Gasteiger partial charge in [0.2, 0.25) is 0 Å². The minimum absolute atomic E-state index is 0.0197. The molecule has 1 nitrogen and oxygen atoms in total. The zero-order valence-electron chi connectivity index (χ0n) is 21.5. The first-order valence-electron chi connectivity index (χ1n) is 13.7. The Morgan fingerprint density at radius 3 is 0.825 bits per heavy atom. The average Bonchev–Trinajstić information content (AvgIpc) is 2.86. The summed E-state index contributed by atoms with van der Waals surface area (Å²) in [6.07, 6.45) is 3.98. The first-order chi connectivity index (χ1) is 19.2. The summed E-state index contributed by atoms with van der Waals surface area (Å²) >= 11 is 25.1. The van der Waals surface area contributed by atoms with Gasteiger partial charge in [-0.15, -0.1) is 0 Å². The molecule has 0 amide bonds. The van der Waals surface area contributed by atoms with E-state index in [2.05, 4.69) is 48.5 Å². The molecule has 6 aliphatic carbocycles. The Morgan fingerprint density at radius 1 is 0.425 bits per heavy atom. The summed E-state index contributed by atoms with van der Waals surface area (Å²) in [5.74, 6) is 0. The zero-order chi connectivity index (χ0) is 27.5. The molecule has 0 saturated heterocycles. The Labute approximate surface area is 257 Å². The first-order valence-corrected chi connectivity index (χ1v) is 16.5. The Bertz CT molecular complexity index is 1410. The van der Waals surface area contributed by atoms with Crippen LogP contribution in [0.1, 0.15) is 47.9 Å². The molecule has 0 N–H and O–H groups in total. The van der Waals surface area contributed by atoms with Gasteiger partial charge in [-0.3, -0.25) is 4.21 Å². The highest BCUT2D eigenvalue weighted by Gasteiger charge is 2.84. The molecule has 0 heterocycles. The van der Waals surface area contributed by atoms with Gasteiger partial charge in [-0.25, -0.2) is 0 Å². The first kappa shape index (κ1) is 25.9. The quantitative estimate of drug-likeness (QED) is 0.209. The molecule has 6 aliphatic rings. The molecule has 0 aliphatic heterocycles. The molecule has 4 bridgehead atoms. The third-order valence-corrected chi connectivity index (χ3v) is 14.4. The van der Waals surface area contributed by atoms with E-state index in [0.717, 1.165) is 45.8 Å². The summed E-state index contributed by atoms with van der Waals surface area (Å²) in [5.41, 5.74) is 4.55. The predicted octanol–water partition coefficient (Wildman–Crippen LogP) is 9.45. The van der Waals surface area contributed by atoms with Crippen LogP contribution in [0.3, 0.4) is 0 Å². The molecule has 40 heavy (non-hydrogen) atoms. The largest absolute Gasteiger partial charge is 0.259 e. The van der Waals surface area contributed by atoms with Crippen molar-refractivity contribution in [2.45, 2.75) is 57.8 Å². The highest BCUT2D eigenvalue weighted by atomic mass is 35.5. The van der Waals surface area contributed by atoms with E-state index in [1.165, 1.54) is 22.3 Å². The van der Waals surface area contributed by atoms with Crippen molar-refractivity contribution in [1.82, 2.24) is 0 Å². The van der Waals surface area contributed by atoms with Crippen LogP contribution in [0.25, 0.3) is 0 Å². The van der Waals surface area contributed by atoms with Gasteiger partial charge in [-0.1, -0.05) is 94.9 Å². The van der Waals surface area contributed by atoms with Crippen molar-refractivity contribution < 1.29 is 4.21 Å². The van der Waals surface area contributed by atoms with Crippen molar-refractivity contribution in [3.63, 3.8) is 0 Å². The topological polar surface area (TPSA) is 17.1 Å². The number of hydrogen-bond acceptors (Lipinski definition) is 1. The maximum absolute atomic E-state index is 15.3. The average molecular weight is 624 g/mol. The molecular formula is C34H26Cl4OS. The Morgan fingerprint density at radius 2 is 0.625 bits per heavy atom. The molecular weight excluding hydrogens is 598 g/mol. The molecule has 0 radical (unpaired) electrons. The second-order valence-electron chi connectivity index (χ2n) is 12.4. The van der Waals surface area contributed by atoms with E-state index in [-0.39, 0.29) is 32.2 Å². The van der Waals surface area contributed by atoms with E-state index in [0.29, 0.717) is 0 Å². The van der Waals surface area contributed by atoms with Crippen LogP contribution in [-0.4, -0.2) is 14.7 Å². The molecule has 6 saturated carbocycles. The summed E-state index contributed by atoms with van der Waals surface area (Å²) in [6, 6.07) is 32.9. The van der Waals surface area contributed by atoms with Crippen LogP contribution in [0.5, 0.6) is 0 Å². The van der Waals surface area contributed by atoms with Gasteiger partial charge < -0.3 is 0 Å². The molecule has 6 heteroatoms. The van der Waals surface area contributed by atoms with Crippen molar-refractivity contribution >= 4 is 57.2 Å². The van der Waals surface area contributed by atoms with E-state index in [4.69, 9.17) is 46.4 Å². The van der Waals surface area contributed by atoms with E-state index in [9.17, 15) is 0 Å². The van der Waals surface area contributed by atoms with Crippen LogP contribution >= 0.6 is 46.4 Å². The van der Waals surface area contributed by atoms with Gasteiger partial charge >= 0.3 is 0 Å². The Hall–Kier alpha value is -1.81. The molecule has 0 aromatic heterocycles. The molecule has 6 fully saturated rings. The lowest BCUT2D eigenvalue weighted by molar-refractivity contribution is -0.0787. The molecule has 0 unspecified atom stereocenters. The second kappa shape index (κ2) is 8.62. The van der Waals surface area contributed by atoms with Gasteiger partial charge in [0.1, 0.15) is 0 Å². The fourth-order valence-electron chi connectivity index (χ4n) is 9.00. The van der Waals surface area contributed by atoms with E-state index < -0.39 is 10.8 Å². The van der Waals surface area contributed by atoms with Crippen LogP contribution < -0.4 is 0 Å². The van der Waals surface area contributed by atoms with Gasteiger partial charge in [0, 0.05) is 52.6 Å². The number of hydrogen-bond donors (Lipinski definition) is 0. The molecule has 0 atom stereocenters. The lowest BCUT2D eigenvalue weighted by Gasteiger charge is -2.81. The van der Waals surface area contributed by atoms with Gasteiger partial charge in [-0.05, 0) is 96.5 Å². The highest BCUT2D eigenvalue weighted by molar-refractivity contribution is 7.87. The molecule has 0 spiro atoms. The Balaban J connectivity index is 1.24. The third kappa shape index (κ3) is 3.21. The number of halogens is 4. The summed E-state index contributed by atoms with van der Waals surface area (Å²) in [5, 5.41) is 2.94. The maximum atomic E-state index is 15.3. The fraction of sp³-hybridized carbons (Fsp3) is 0.294. The smallest absolute Gasteiger partial charge is 0.0546 e. The predicted molar refractivity (Wildman–Crippen MR) is 167 cm³/mol. The summed E-state index contributed by atoms with van der Waals surface area (Å²) in [6.45, 7) is 0. The monoisotopic (exact) mass is 622 g/mol. The summed E-state index contributed by atoms with van der Waals surface area (Å²) in [7, 11) is -1.11. The van der Waals surface area contributed by atoms with E-state index in [1.807, 2.05) is 48.5 Å². The Kier molecular flexibility index (Phi) is 5.57. The SMILES string of the molecule is O=S(C1C2(c3ccc(Cl)cc3)CC1(c1ccc(Cl)cc1)C2)C1C2(c3ccc(Cl)cc3)CC1(c1ccc(Cl)cc1)C2.